The molecular formula is C38H36B2Cl4N4. The van der Waals surface area contributed by atoms with Gasteiger partial charge in [0.05, 0.1) is 22.3 Å². The zero-order valence-corrected chi connectivity index (χ0v) is 30.6. The molecule has 48 heavy (non-hydrogen) atoms. The molecule has 0 atom stereocenters. The summed E-state index contributed by atoms with van der Waals surface area (Å²) in [5.74, 6) is 0. The molecule has 0 unspecified atom stereocenters. The van der Waals surface area contributed by atoms with Gasteiger partial charge in [0.1, 0.15) is 11.4 Å². The molecule has 0 amide bonds. The molecule has 3 aromatic carbocycles. The molecule has 4 aliphatic rings. The first-order chi connectivity index (χ1) is 23.2. The van der Waals surface area contributed by atoms with Gasteiger partial charge in [0, 0.05) is 47.2 Å². The molecule has 242 valence electrons. The van der Waals surface area contributed by atoms with E-state index >= 15 is 0 Å². The highest BCUT2D eigenvalue weighted by Crippen LogP contribution is 2.50. The van der Waals surface area contributed by atoms with Crippen molar-refractivity contribution in [3.05, 3.63) is 106 Å². The van der Waals surface area contributed by atoms with Crippen molar-refractivity contribution in [1.29, 1.82) is 0 Å². The van der Waals surface area contributed by atoms with Crippen LogP contribution in [0.4, 0.5) is 0 Å². The van der Waals surface area contributed by atoms with Gasteiger partial charge in [0.25, 0.3) is 0 Å². The number of hydrogen-bond donors (Lipinski definition) is 0. The number of benzene rings is 3. The topological polar surface area (TPSA) is 15.9 Å². The van der Waals surface area contributed by atoms with E-state index in [1.54, 1.807) is 0 Å². The fourth-order valence-corrected chi connectivity index (χ4v) is 11.0. The fraction of sp³-hybridized carbons (Fsp3) is 0.263. The molecule has 4 aliphatic heterocycles. The summed E-state index contributed by atoms with van der Waals surface area (Å²) in [7, 11) is 0. The lowest BCUT2D eigenvalue weighted by Gasteiger charge is -2.34. The van der Waals surface area contributed by atoms with Gasteiger partial charge in [0.2, 0.25) is 0 Å². The van der Waals surface area contributed by atoms with Crippen LogP contribution in [0.5, 0.6) is 0 Å². The number of hydrogen-bond acceptors (Lipinski definition) is 0. The van der Waals surface area contributed by atoms with Crippen LogP contribution in [0.3, 0.4) is 0 Å². The van der Waals surface area contributed by atoms with Gasteiger partial charge in [0.15, 0.2) is 11.4 Å². The Morgan fingerprint density at radius 1 is 0.542 bits per heavy atom. The van der Waals surface area contributed by atoms with Crippen LogP contribution in [0.2, 0.25) is 0 Å². The molecule has 5 aromatic rings. The summed E-state index contributed by atoms with van der Waals surface area (Å²) in [6, 6.07) is 21.9. The molecule has 0 saturated carbocycles. The number of nitrogens with zero attached hydrogens (tertiary/aromatic N) is 4. The highest BCUT2D eigenvalue weighted by atomic mass is 35.5. The third-order valence-electron chi connectivity index (χ3n) is 11.0. The fourth-order valence-electron chi connectivity index (χ4n) is 9.24. The number of halogens is 4. The Morgan fingerprint density at radius 2 is 1.00 bits per heavy atom. The molecule has 2 aromatic heterocycles. The van der Waals surface area contributed by atoms with E-state index in [0.29, 0.717) is 0 Å². The first-order valence-electron chi connectivity index (χ1n) is 17.4. The van der Waals surface area contributed by atoms with Crippen LogP contribution in [0.1, 0.15) is 98.4 Å². The van der Waals surface area contributed by atoms with Crippen LogP contribution < -0.4 is 0 Å². The maximum atomic E-state index is 7.69. The van der Waals surface area contributed by atoms with Crippen molar-refractivity contribution < 1.29 is 8.97 Å². The van der Waals surface area contributed by atoms with Crippen molar-refractivity contribution in [3.8, 4) is 0 Å². The Balaban J connectivity index is 1.34. The van der Waals surface area contributed by atoms with Crippen LogP contribution in [0.15, 0.2) is 60.7 Å². The first-order valence-corrected chi connectivity index (χ1v) is 19.1. The van der Waals surface area contributed by atoms with E-state index in [1.807, 2.05) is 0 Å². The molecular weight excluding hydrogens is 676 g/mol. The SMILES string of the molecule is CCCC1=[N+]2C(=Cc3c4ccccc4c(CCC)n3[B-]2(Cl)Cl)c2cc3c(cc21)C1=Cc2c4ccccc4c(CC)n2[B-](Cl)(Cl)[N+]1=C3CC. The largest absolute Gasteiger partial charge is 0.554 e. The Hall–Kier alpha value is -3.15. The molecule has 0 radical (unpaired) electrons. The van der Waals surface area contributed by atoms with E-state index in [9.17, 15) is 0 Å². The van der Waals surface area contributed by atoms with E-state index in [2.05, 4.69) is 118 Å². The van der Waals surface area contributed by atoms with Gasteiger partial charge >= 0.3 is 10.5 Å². The third-order valence-corrected chi connectivity index (χ3v) is 12.6. The number of fused-ring (bicyclic) bond motifs is 12. The average Bonchev–Trinajstić information content (AvgIpc) is 3.78. The maximum absolute atomic E-state index is 7.69. The molecule has 9 rings (SSSR count). The number of aryl methyl sites for hydroxylation is 2. The van der Waals surface area contributed by atoms with Crippen LogP contribution in [-0.2, 0) is 12.8 Å². The van der Waals surface area contributed by atoms with Crippen molar-refractivity contribution >= 4 is 113 Å². The highest BCUT2D eigenvalue weighted by Gasteiger charge is 2.53. The summed E-state index contributed by atoms with van der Waals surface area (Å²) in [5, 5.41) is 0.392. The zero-order chi connectivity index (χ0) is 33.3. The summed E-state index contributed by atoms with van der Waals surface area (Å²) >= 11 is 30.6. The summed E-state index contributed by atoms with van der Waals surface area (Å²) in [6.45, 7) is 8.80. The molecule has 0 saturated heterocycles. The summed E-state index contributed by atoms with van der Waals surface area (Å²) in [6.07, 6.45) is 9.96. The standard InChI is InChI=1S/C38H36B2Cl4N4/c1-5-13-33-24-16-10-12-18-26(24)36-22-38-30-19-27-29(20-28(30)34(14-6-2)48(38)40(43,44)47(33)36)37-21-35-25-17-11-9-15-23(25)31(7-3)45(35)39(41,42)46(37)32(27)8-4/h9-12,15-22H,5-8,13-14H2,1-4H3. The van der Waals surface area contributed by atoms with Crippen molar-refractivity contribution in [2.75, 3.05) is 0 Å². The van der Waals surface area contributed by atoms with Crippen molar-refractivity contribution in [1.82, 2.24) is 8.96 Å². The van der Waals surface area contributed by atoms with Gasteiger partial charge in [-0.1, -0.05) is 82.6 Å². The quantitative estimate of drug-likeness (QED) is 0.156. The lowest BCUT2D eigenvalue weighted by atomic mass is 9.91. The van der Waals surface area contributed by atoms with Crippen molar-refractivity contribution in [3.63, 3.8) is 0 Å². The second-order valence-corrected chi connectivity index (χ2v) is 16.4. The Kier molecular flexibility index (Phi) is 6.87. The van der Waals surface area contributed by atoms with Gasteiger partial charge < -0.3 is 17.9 Å². The molecule has 0 fully saturated rings. The minimum absolute atomic E-state index is 0.782. The minimum Gasteiger partial charge on any atom is -0.429 e. The second kappa shape index (κ2) is 10.7. The average molecular weight is 712 g/mol. The van der Waals surface area contributed by atoms with Crippen molar-refractivity contribution in [2.24, 2.45) is 0 Å². The van der Waals surface area contributed by atoms with Gasteiger partial charge in [-0.3, -0.25) is 45.8 Å². The third kappa shape index (κ3) is 3.78. The van der Waals surface area contributed by atoms with Gasteiger partial charge in [-0.05, 0) is 53.6 Å². The molecule has 4 nitrogen and oxygen atoms in total. The monoisotopic (exact) mass is 710 g/mol. The molecule has 0 N–H and O–H groups in total. The van der Waals surface area contributed by atoms with Crippen LogP contribution in [0, 0.1) is 0 Å². The molecule has 0 spiro atoms. The van der Waals surface area contributed by atoms with E-state index in [1.165, 1.54) is 44.1 Å². The lowest BCUT2D eigenvalue weighted by molar-refractivity contribution is -0.276. The van der Waals surface area contributed by atoms with E-state index in [0.717, 1.165) is 83.8 Å². The number of rotatable bonds is 6. The predicted octanol–water partition coefficient (Wildman–Crippen LogP) is 10.5. The number of aromatic nitrogens is 2. The van der Waals surface area contributed by atoms with Gasteiger partial charge in [-0.2, -0.15) is 0 Å². The van der Waals surface area contributed by atoms with Gasteiger partial charge in [-0.25, -0.2) is 0 Å². The summed E-state index contributed by atoms with van der Waals surface area (Å²) in [4.78, 5) is 0. The van der Waals surface area contributed by atoms with E-state index in [4.69, 9.17) is 45.8 Å². The van der Waals surface area contributed by atoms with E-state index < -0.39 is 10.5 Å². The molecule has 0 bridgehead atoms. The molecule has 6 heterocycles. The maximum Gasteiger partial charge on any atom is 0.554 e. The van der Waals surface area contributed by atoms with Crippen LogP contribution in [0.25, 0.3) is 45.1 Å². The summed E-state index contributed by atoms with van der Waals surface area (Å²) in [5.41, 5.74) is 13.6. The Labute approximate surface area is 301 Å². The smallest absolute Gasteiger partial charge is 0.429 e. The summed E-state index contributed by atoms with van der Waals surface area (Å²) < 4.78 is 8.89. The second-order valence-electron chi connectivity index (χ2n) is 13.5. The van der Waals surface area contributed by atoms with Crippen molar-refractivity contribution in [2.45, 2.75) is 66.2 Å². The molecule has 0 aliphatic carbocycles. The highest BCUT2D eigenvalue weighted by molar-refractivity contribution is 7.41. The van der Waals surface area contributed by atoms with Crippen LogP contribution in [-0.4, -0.2) is 39.8 Å². The minimum atomic E-state index is -2.21. The molecule has 10 heteroatoms. The van der Waals surface area contributed by atoms with Gasteiger partial charge in [-0.15, -0.1) is 0 Å². The van der Waals surface area contributed by atoms with E-state index in [-0.39, 0.29) is 0 Å². The van der Waals surface area contributed by atoms with Crippen LogP contribution >= 0.6 is 45.8 Å². The Bertz CT molecular complexity index is 2410. The normalized spacial score (nSPS) is 18.1. The Morgan fingerprint density at radius 3 is 1.50 bits per heavy atom. The first kappa shape index (κ1) is 30.9. The lowest BCUT2D eigenvalue weighted by Crippen LogP contribution is -2.48. The zero-order valence-electron chi connectivity index (χ0n) is 27.6. The predicted molar refractivity (Wildman–Crippen MR) is 209 cm³/mol.